The van der Waals surface area contributed by atoms with E-state index in [0.717, 1.165) is 5.56 Å². The number of phenolic OH excluding ortho intramolecular Hbond substituents is 1. The molecule has 1 atom stereocenters. The quantitative estimate of drug-likeness (QED) is 0.669. The van der Waals surface area contributed by atoms with Crippen molar-refractivity contribution in [1.29, 1.82) is 0 Å². The summed E-state index contributed by atoms with van der Waals surface area (Å²) in [5.41, 5.74) is 1.83. The molecule has 1 aromatic heterocycles. The second kappa shape index (κ2) is 7.29. The van der Waals surface area contributed by atoms with Gasteiger partial charge in [-0.05, 0) is 42.0 Å². The Kier molecular flexibility index (Phi) is 4.76. The number of nitrogens with one attached hydrogen (secondary N) is 1. The average molecular weight is 419 g/mol. The Hall–Kier alpha value is -3.69. The van der Waals surface area contributed by atoms with Gasteiger partial charge in [0.1, 0.15) is 17.9 Å². The molecule has 7 nitrogen and oxygen atoms in total. The van der Waals surface area contributed by atoms with E-state index in [4.69, 9.17) is 4.74 Å². The van der Waals surface area contributed by atoms with Crippen LogP contribution in [0.25, 0.3) is 5.69 Å². The van der Waals surface area contributed by atoms with Crippen LogP contribution in [-0.4, -0.2) is 34.0 Å². The van der Waals surface area contributed by atoms with Crippen LogP contribution in [-0.2, 0) is 4.79 Å². The highest BCUT2D eigenvalue weighted by Gasteiger charge is 2.32. The normalized spacial score (nSPS) is 16.0. The number of fused-ring (bicyclic) bond motifs is 1. The molecule has 2 heterocycles. The Morgan fingerprint density at radius 2 is 1.93 bits per heavy atom. The molecule has 1 aliphatic heterocycles. The van der Waals surface area contributed by atoms with Gasteiger partial charge < -0.3 is 19.9 Å². The maximum Gasteiger partial charge on any atom is 0.573 e. The molecule has 1 aliphatic rings. The number of amides is 1. The first kappa shape index (κ1) is 19.6. The lowest BCUT2D eigenvalue weighted by atomic mass is 9.89. The highest BCUT2D eigenvalue weighted by Crippen LogP contribution is 2.40. The Morgan fingerprint density at radius 3 is 2.60 bits per heavy atom. The molecule has 0 fully saturated rings. The number of aromatic hydroxyl groups is 1. The van der Waals surface area contributed by atoms with E-state index < -0.39 is 6.36 Å². The molecule has 4 rings (SSSR count). The molecular formula is C20H16F3N3O4. The van der Waals surface area contributed by atoms with Gasteiger partial charge in [0.05, 0.1) is 12.8 Å². The summed E-state index contributed by atoms with van der Waals surface area (Å²) in [6.07, 6.45) is -3.14. The van der Waals surface area contributed by atoms with Crippen molar-refractivity contribution in [3.63, 3.8) is 0 Å². The maximum absolute atomic E-state index is 12.4. The number of phenols is 1. The lowest BCUT2D eigenvalue weighted by molar-refractivity contribution is -0.274. The lowest BCUT2D eigenvalue weighted by Gasteiger charge is -2.24. The molecule has 2 N–H and O–H groups in total. The van der Waals surface area contributed by atoms with Crippen molar-refractivity contribution in [3.05, 3.63) is 60.0 Å². The van der Waals surface area contributed by atoms with Crippen LogP contribution in [0.5, 0.6) is 17.2 Å². The third-order valence-corrected chi connectivity index (χ3v) is 4.73. The van der Waals surface area contributed by atoms with Gasteiger partial charge in [-0.3, -0.25) is 9.36 Å². The van der Waals surface area contributed by atoms with Crippen molar-refractivity contribution in [1.82, 2.24) is 9.55 Å². The van der Waals surface area contributed by atoms with Crippen LogP contribution < -0.4 is 14.8 Å². The minimum atomic E-state index is -4.78. The molecule has 0 aliphatic carbocycles. The summed E-state index contributed by atoms with van der Waals surface area (Å²) in [6, 6.07) is 10.0. The van der Waals surface area contributed by atoms with E-state index in [1.165, 1.54) is 43.8 Å². The number of carbonyl (C=O) groups excluding carboxylic acids is 1. The zero-order valence-electron chi connectivity index (χ0n) is 15.6. The SMILES string of the molecule is COc1cc([C@@H]2CC(=O)Nc3c2ncn3-c2ccc(OC(F)(F)F)cc2)ccc1O. The van der Waals surface area contributed by atoms with Crippen LogP contribution in [0.1, 0.15) is 23.6 Å². The van der Waals surface area contributed by atoms with E-state index in [0.29, 0.717) is 17.2 Å². The maximum atomic E-state index is 12.4. The van der Waals surface area contributed by atoms with Gasteiger partial charge in [0.2, 0.25) is 5.91 Å². The molecule has 156 valence electrons. The highest BCUT2D eigenvalue weighted by atomic mass is 19.4. The highest BCUT2D eigenvalue weighted by molar-refractivity contribution is 5.94. The number of benzene rings is 2. The predicted molar refractivity (Wildman–Crippen MR) is 100.0 cm³/mol. The van der Waals surface area contributed by atoms with Crippen molar-refractivity contribution in [2.24, 2.45) is 0 Å². The summed E-state index contributed by atoms with van der Waals surface area (Å²) in [6.45, 7) is 0. The number of aromatic nitrogens is 2. The van der Waals surface area contributed by atoms with E-state index in [-0.39, 0.29) is 35.5 Å². The largest absolute Gasteiger partial charge is 0.573 e. The molecule has 0 spiro atoms. The summed E-state index contributed by atoms with van der Waals surface area (Å²) in [7, 11) is 1.43. The number of hydrogen-bond acceptors (Lipinski definition) is 5. The number of alkyl halides is 3. The molecule has 2 aromatic carbocycles. The monoisotopic (exact) mass is 419 g/mol. The first-order valence-corrected chi connectivity index (χ1v) is 8.85. The van der Waals surface area contributed by atoms with Gasteiger partial charge in [-0.15, -0.1) is 13.2 Å². The Bertz CT molecular complexity index is 1090. The second-order valence-corrected chi connectivity index (χ2v) is 6.63. The molecule has 1 amide bonds. The van der Waals surface area contributed by atoms with Crippen LogP contribution >= 0.6 is 0 Å². The molecule has 0 radical (unpaired) electrons. The smallest absolute Gasteiger partial charge is 0.504 e. The number of ether oxygens (including phenoxy) is 2. The fourth-order valence-electron chi connectivity index (χ4n) is 3.40. The van der Waals surface area contributed by atoms with Gasteiger partial charge in [0.15, 0.2) is 11.5 Å². The van der Waals surface area contributed by atoms with Crippen LogP contribution in [0.4, 0.5) is 19.0 Å². The Balaban J connectivity index is 1.69. The first-order chi connectivity index (χ1) is 14.2. The van der Waals surface area contributed by atoms with Gasteiger partial charge in [-0.25, -0.2) is 4.98 Å². The van der Waals surface area contributed by atoms with E-state index >= 15 is 0 Å². The summed E-state index contributed by atoms with van der Waals surface area (Å²) in [4.78, 5) is 16.8. The first-order valence-electron chi connectivity index (χ1n) is 8.85. The van der Waals surface area contributed by atoms with Gasteiger partial charge >= 0.3 is 6.36 Å². The Labute approximate surface area is 168 Å². The summed E-state index contributed by atoms with van der Waals surface area (Å²) < 4.78 is 47.7. The zero-order valence-corrected chi connectivity index (χ0v) is 15.6. The van der Waals surface area contributed by atoms with E-state index in [1.54, 1.807) is 16.7 Å². The topological polar surface area (TPSA) is 85.6 Å². The van der Waals surface area contributed by atoms with Gasteiger partial charge in [0.25, 0.3) is 0 Å². The number of rotatable bonds is 4. The van der Waals surface area contributed by atoms with Gasteiger partial charge in [0, 0.05) is 18.0 Å². The molecule has 0 unspecified atom stereocenters. The van der Waals surface area contributed by atoms with Crippen molar-refractivity contribution < 1.29 is 32.5 Å². The molecule has 0 bridgehead atoms. The number of halogens is 3. The third-order valence-electron chi connectivity index (χ3n) is 4.73. The van der Waals surface area contributed by atoms with E-state index in [1.807, 2.05) is 0 Å². The van der Waals surface area contributed by atoms with Gasteiger partial charge in [-0.1, -0.05) is 6.07 Å². The fourth-order valence-corrected chi connectivity index (χ4v) is 3.40. The van der Waals surface area contributed by atoms with Crippen LogP contribution in [0.3, 0.4) is 0 Å². The molecular weight excluding hydrogens is 403 g/mol. The van der Waals surface area contributed by atoms with Crippen molar-refractivity contribution in [2.45, 2.75) is 18.7 Å². The van der Waals surface area contributed by atoms with Crippen LogP contribution in [0.15, 0.2) is 48.8 Å². The third kappa shape index (κ3) is 3.76. The van der Waals surface area contributed by atoms with E-state index in [9.17, 15) is 23.1 Å². The average Bonchev–Trinajstić information content (AvgIpc) is 3.11. The zero-order chi connectivity index (χ0) is 21.5. The number of hydrogen-bond donors (Lipinski definition) is 2. The van der Waals surface area contributed by atoms with Gasteiger partial charge in [-0.2, -0.15) is 0 Å². The second-order valence-electron chi connectivity index (χ2n) is 6.63. The number of methoxy groups -OCH3 is 1. The molecule has 30 heavy (non-hydrogen) atoms. The lowest BCUT2D eigenvalue weighted by Crippen LogP contribution is -2.25. The number of nitrogens with zero attached hydrogens (tertiary/aromatic N) is 2. The molecule has 10 heteroatoms. The summed E-state index contributed by atoms with van der Waals surface area (Å²) in [5, 5.41) is 12.6. The minimum absolute atomic E-state index is 0.0200. The van der Waals surface area contributed by atoms with E-state index in [2.05, 4.69) is 15.0 Å². The van der Waals surface area contributed by atoms with Crippen molar-refractivity contribution >= 4 is 11.7 Å². The predicted octanol–water partition coefficient (Wildman–Crippen LogP) is 3.96. The minimum Gasteiger partial charge on any atom is -0.504 e. The van der Waals surface area contributed by atoms with Crippen LogP contribution in [0.2, 0.25) is 0 Å². The molecule has 0 saturated carbocycles. The number of anilines is 1. The van der Waals surface area contributed by atoms with Crippen molar-refractivity contribution in [2.75, 3.05) is 12.4 Å². The standard InChI is InChI=1S/C20H16F3N3O4/c1-29-16-8-11(2-7-15(16)27)14-9-17(28)25-19-18(14)24-10-26(19)12-3-5-13(6-4-12)30-20(21,22)23/h2-8,10,14,27H,9H2,1H3,(H,25,28)/t14-/m0/s1. The fraction of sp³-hybridized carbons (Fsp3) is 0.200. The van der Waals surface area contributed by atoms with Crippen LogP contribution in [0, 0.1) is 0 Å². The number of imidazole rings is 1. The summed E-state index contributed by atoms with van der Waals surface area (Å²) in [5.74, 6) is -0.282. The summed E-state index contributed by atoms with van der Waals surface area (Å²) >= 11 is 0. The molecule has 0 saturated heterocycles. The molecule has 3 aromatic rings. The Morgan fingerprint density at radius 1 is 1.20 bits per heavy atom. The van der Waals surface area contributed by atoms with Crippen molar-refractivity contribution in [3.8, 4) is 22.9 Å². The number of carbonyl (C=O) groups is 1.